The molecule has 1 nitrogen and oxygen atoms in total. The predicted octanol–water partition coefficient (Wildman–Crippen LogP) is 4.35. The Kier molecular flexibility index (Phi) is 6.79. The van der Waals surface area contributed by atoms with Crippen molar-refractivity contribution in [2.75, 3.05) is 11.9 Å². The molecule has 1 aromatic carbocycles. The molecule has 1 rings (SSSR count). The Labute approximate surface area is 116 Å². The van der Waals surface area contributed by atoms with Crippen molar-refractivity contribution in [1.82, 2.24) is 4.90 Å². The first-order chi connectivity index (χ1) is 8.63. The zero-order valence-corrected chi connectivity index (χ0v) is 12.5. The van der Waals surface area contributed by atoms with Crippen molar-refractivity contribution >= 4 is 15.9 Å². The van der Waals surface area contributed by atoms with E-state index in [9.17, 15) is 8.78 Å². The van der Waals surface area contributed by atoms with Gasteiger partial charge in [0.25, 0.3) is 0 Å². The quantitative estimate of drug-likeness (QED) is 0.675. The lowest BCUT2D eigenvalue weighted by Crippen LogP contribution is -2.35. The fourth-order valence-electron chi connectivity index (χ4n) is 2.19. The highest BCUT2D eigenvalue weighted by atomic mass is 79.9. The van der Waals surface area contributed by atoms with Crippen molar-refractivity contribution < 1.29 is 8.78 Å². The van der Waals surface area contributed by atoms with E-state index in [1.165, 1.54) is 0 Å². The number of hydrogen-bond acceptors (Lipinski definition) is 1. The molecule has 0 aliphatic carbocycles. The highest BCUT2D eigenvalue weighted by Gasteiger charge is 2.17. The summed E-state index contributed by atoms with van der Waals surface area (Å²) in [6, 6.07) is 4.78. The maximum Gasteiger partial charge on any atom is 0.163 e. The molecule has 0 bridgehead atoms. The van der Waals surface area contributed by atoms with E-state index in [-0.39, 0.29) is 0 Å². The Morgan fingerprint density at radius 3 is 2.44 bits per heavy atom. The molecule has 0 aliphatic heterocycles. The van der Waals surface area contributed by atoms with E-state index in [4.69, 9.17) is 0 Å². The summed E-state index contributed by atoms with van der Waals surface area (Å²) in [6.07, 6.45) is 2.03. The van der Waals surface area contributed by atoms with Crippen molar-refractivity contribution in [2.45, 2.75) is 39.3 Å². The number of halogens is 3. The van der Waals surface area contributed by atoms with Gasteiger partial charge in [0.1, 0.15) is 0 Å². The number of hydrogen-bond donors (Lipinski definition) is 0. The molecule has 0 N–H and O–H groups in total. The Hall–Kier alpha value is -0.480. The van der Waals surface area contributed by atoms with Gasteiger partial charge in [-0.2, -0.15) is 0 Å². The molecule has 0 saturated heterocycles. The molecule has 1 aromatic rings. The zero-order chi connectivity index (χ0) is 13.5. The molecule has 0 atom stereocenters. The smallest absolute Gasteiger partial charge is 0.163 e. The fraction of sp³-hybridized carbons (Fsp3) is 0.571. The molecule has 0 aromatic heterocycles. The van der Waals surface area contributed by atoms with Crippen LogP contribution in [0, 0.1) is 11.6 Å². The molecular weight excluding hydrogens is 300 g/mol. The molecule has 0 saturated carbocycles. The molecule has 18 heavy (non-hydrogen) atoms. The second-order valence-corrected chi connectivity index (χ2v) is 5.14. The number of benzene rings is 1. The van der Waals surface area contributed by atoms with E-state index in [0.29, 0.717) is 18.2 Å². The number of nitrogens with zero attached hydrogens (tertiary/aromatic N) is 1. The third kappa shape index (κ3) is 4.02. The molecule has 0 radical (unpaired) electrons. The van der Waals surface area contributed by atoms with Gasteiger partial charge in [-0.3, -0.25) is 4.90 Å². The van der Waals surface area contributed by atoms with Crippen LogP contribution in [-0.4, -0.2) is 22.8 Å². The molecule has 0 amide bonds. The largest absolute Gasteiger partial charge is 0.295 e. The minimum Gasteiger partial charge on any atom is -0.295 e. The summed E-state index contributed by atoms with van der Waals surface area (Å²) >= 11 is 3.41. The van der Waals surface area contributed by atoms with Gasteiger partial charge in [-0.1, -0.05) is 41.9 Å². The Morgan fingerprint density at radius 2 is 1.89 bits per heavy atom. The van der Waals surface area contributed by atoms with Crippen molar-refractivity contribution in [3.8, 4) is 0 Å². The zero-order valence-electron chi connectivity index (χ0n) is 10.9. The summed E-state index contributed by atoms with van der Waals surface area (Å²) in [6.45, 7) is 5.54. The van der Waals surface area contributed by atoms with E-state index in [1.54, 1.807) is 12.1 Å². The lowest BCUT2D eigenvalue weighted by molar-refractivity contribution is 0.186. The van der Waals surface area contributed by atoms with Gasteiger partial charge in [-0.25, -0.2) is 8.78 Å². The maximum atomic E-state index is 13.7. The highest BCUT2D eigenvalue weighted by molar-refractivity contribution is 9.09. The summed E-state index contributed by atoms with van der Waals surface area (Å²) in [5.41, 5.74) is 0.433. The third-order valence-corrected chi connectivity index (χ3v) is 3.59. The van der Waals surface area contributed by atoms with Gasteiger partial charge in [0, 0.05) is 30.0 Å². The van der Waals surface area contributed by atoms with Gasteiger partial charge in [-0.05, 0) is 18.9 Å². The third-order valence-electron chi connectivity index (χ3n) is 3.24. The molecule has 4 heteroatoms. The topological polar surface area (TPSA) is 3.24 Å². The van der Waals surface area contributed by atoms with Crippen LogP contribution in [-0.2, 0) is 6.54 Å². The van der Waals surface area contributed by atoms with Crippen molar-refractivity contribution in [3.05, 3.63) is 35.4 Å². The molecule has 0 unspecified atom stereocenters. The summed E-state index contributed by atoms with van der Waals surface area (Å²) in [5.74, 6) is -1.49. The Bertz CT molecular complexity index is 367. The average Bonchev–Trinajstić information content (AvgIpc) is 2.36. The molecular formula is C14H20BrF2N. The van der Waals surface area contributed by atoms with E-state index in [2.05, 4.69) is 34.7 Å². The van der Waals surface area contributed by atoms with E-state index >= 15 is 0 Å². The Morgan fingerprint density at radius 1 is 1.22 bits per heavy atom. The normalized spacial score (nSPS) is 11.5. The van der Waals surface area contributed by atoms with E-state index in [1.807, 2.05) is 0 Å². The fourth-order valence-corrected chi connectivity index (χ4v) is 2.65. The molecule has 0 fully saturated rings. The van der Waals surface area contributed by atoms with E-state index < -0.39 is 11.6 Å². The van der Waals surface area contributed by atoms with Gasteiger partial charge < -0.3 is 0 Å². The predicted molar refractivity (Wildman–Crippen MR) is 74.9 cm³/mol. The van der Waals surface area contributed by atoms with Gasteiger partial charge >= 0.3 is 0 Å². The van der Waals surface area contributed by atoms with Crippen LogP contribution in [0.1, 0.15) is 32.3 Å². The first-order valence-corrected chi connectivity index (χ1v) is 7.49. The minimum atomic E-state index is -0.768. The van der Waals surface area contributed by atoms with Gasteiger partial charge in [0.05, 0.1) is 0 Å². The molecule has 0 spiro atoms. The van der Waals surface area contributed by atoms with Gasteiger partial charge in [-0.15, -0.1) is 0 Å². The first-order valence-electron chi connectivity index (χ1n) is 6.36. The highest BCUT2D eigenvalue weighted by Crippen LogP contribution is 2.17. The lowest BCUT2D eigenvalue weighted by atomic mass is 10.1. The summed E-state index contributed by atoms with van der Waals surface area (Å²) < 4.78 is 26.8. The van der Waals surface area contributed by atoms with Crippen molar-refractivity contribution in [3.63, 3.8) is 0 Å². The first kappa shape index (κ1) is 15.6. The molecule has 0 heterocycles. The number of rotatable bonds is 7. The lowest BCUT2D eigenvalue weighted by Gasteiger charge is -2.30. The van der Waals surface area contributed by atoms with Crippen LogP contribution in [0.15, 0.2) is 18.2 Å². The van der Waals surface area contributed by atoms with Crippen LogP contribution in [0.3, 0.4) is 0 Å². The van der Waals surface area contributed by atoms with Crippen LogP contribution >= 0.6 is 15.9 Å². The SMILES string of the molecule is CCC(CC)N(CCBr)Cc1cccc(F)c1F. The van der Waals surface area contributed by atoms with Crippen LogP contribution in [0.25, 0.3) is 0 Å². The van der Waals surface area contributed by atoms with Crippen molar-refractivity contribution in [2.24, 2.45) is 0 Å². The Balaban J connectivity index is 2.85. The van der Waals surface area contributed by atoms with Gasteiger partial charge in [0.15, 0.2) is 11.6 Å². The second-order valence-electron chi connectivity index (χ2n) is 4.34. The molecule has 0 aliphatic rings. The monoisotopic (exact) mass is 319 g/mol. The maximum absolute atomic E-state index is 13.7. The number of alkyl halides is 1. The van der Waals surface area contributed by atoms with Gasteiger partial charge in [0.2, 0.25) is 0 Å². The molecule has 102 valence electrons. The average molecular weight is 320 g/mol. The minimum absolute atomic E-state index is 0.408. The van der Waals surface area contributed by atoms with Crippen LogP contribution < -0.4 is 0 Å². The standard InChI is InChI=1S/C14H20BrF2N/c1-3-12(4-2)18(9-8-15)10-11-6-5-7-13(16)14(11)17/h5-7,12H,3-4,8-10H2,1-2H3. The van der Waals surface area contributed by atoms with Crippen LogP contribution in [0.5, 0.6) is 0 Å². The van der Waals surface area contributed by atoms with E-state index in [0.717, 1.165) is 30.8 Å². The van der Waals surface area contributed by atoms with Crippen molar-refractivity contribution in [1.29, 1.82) is 0 Å². The summed E-state index contributed by atoms with van der Waals surface area (Å²) in [7, 11) is 0. The summed E-state index contributed by atoms with van der Waals surface area (Å²) in [4.78, 5) is 2.20. The van der Waals surface area contributed by atoms with Crippen LogP contribution in [0.2, 0.25) is 0 Å². The van der Waals surface area contributed by atoms with Crippen LogP contribution in [0.4, 0.5) is 8.78 Å². The summed E-state index contributed by atoms with van der Waals surface area (Å²) in [5, 5.41) is 0.834. The second kappa shape index (κ2) is 7.85.